The van der Waals surface area contributed by atoms with Gasteiger partial charge in [-0.2, -0.15) is 0 Å². The van der Waals surface area contributed by atoms with Gasteiger partial charge in [-0.3, -0.25) is 4.79 Å². The third kappa shape index (κ3) is 4.31. The van der Waals surface area contributed by atoms with Crippen LogP contribution in [0.3, 0.4) is 0 Å². The molecule has 0 aliphatic carbocycles. The summed E-state index contributed by atoms with van der Waals surface area (Å²) >= 11 is 0. The maximum absolute atomic E-state index is 12.6. The van der Waals surface area contributed by atoms with Crippen molar-refractivity contribution in [2.24, 2.45) is 0 Å². The number of rotatable bonds is 6. The summed E-state index contributed by atoms with van der Waals surface area (Å²) in [7, 11) is -2.26. The van der Waals surface area contributed by atoms with E-state index in [2.05, 4.69) is 23.9 Å². The standard InChI is InChI=1S/C20H26N2O3S/c1-14-11-16(12-18(15(14)2)26(24,25)21-5)19(23)22-13-20(3,4)17-9-7-6-8-10-17/h6-12,21H,13H2,1-5H3,(H,22,23). The van der Waals surface area contributed by atoms with Gasteiger partial charge in [-0.25, -0.2) is 13.1 Å². The highest BCUT2D eigenvalue weighted by Gasteiger charge is 2.23. The lowest BCUT2D eigenvalue weighted by atomic mass is 9.84. The van der Waals surface area contributed by atoms with Crippen LogP contribution in [0.1, 0.15) is 40.9 Å². The molecular formula is C20H26N2O3S. The van der Waals surface area contributed by atoms with Gasteiger partial charge < -0.3 is 5.32 Å². The highest BCUT2D eigenvalue weighted by Crippen LogP contribution is 2.23. The molecule has 2 aromatic carbocycles. The van der Waals surface area contributed by atoms with E-state index in [1.165, 1.54) is 13.1 Å². The number of benzene rings is 2. The summed E-state index contributed by atoms with van der Waals surface area (Å²) in [5, 5.41) is 2.93. The zero-order valence-corrected chi connectivity index (χ0v) is 16.7. The van der Waals surface area contributed by atoms with Crippen molar-refractivity contribution < 1.29 is 13.2 Å². The van der Waals surface area contributed by atoms with Crippen molar-refractivity contribution >= 4 is 15.9 Å². The summed E-state index contributed by atoms with van der Waals surface area (Å²) in [5.41, 5.74) is 2.62. The summed E-state index contributed by atoms with van der Waals surface area (Å²) in [6.07, 6.45) is 0. The zero-order valence-electron chi connectivity index (χ0n) is 15.9. The van der Waals surface area contributed by atoms with Crippen molar-refractivity contribution in [3.05, 3.63) is 64.7 Å². The van der Waals surface area contributed by atoms with E-state index in [-0.39, 0.29) is 16.2 Å². The summed E-state index contributed by atoms with van der Waals surface area (Å²) < 4.78 is 26.7. The highest BCUT2D eigenvalue weighted by molar-refractivity contribution is 7.89. The predicted octanol–water partition coefficient (Wildman–Crippen LogP) is 2.92. The van der Waals surface area contributed by atoms with Gasteiger partial charge in [-0.05, 0) is 49.7 Å². The molecular weight excluding hydrogens is 348 g/mol. The molecule has 0 bridgehead atoms. The molecule has 2 N–H and O–H groups in total. The molecule has 0 saturated heterocycles. The molecule has 0 saturated carbocycles. The Morgan fingerprint density at radius 3 is 2.27 bits per heavy atom. The third-order valence-electron chi connectivity index (χ3n) is 4.69. The average Bonchev–Trinajstić information content (AvgIpc) is 2.62. The van der Waals surface area contributed by atoms with E-state index in [4.69, 9.17) is 0 Å². The number of carbonyl (C=O) groups excluding carboxylic acids is 1. The van der Waals surface area contributed by atoms with E-state index in [0.29, 0.717) is 17.7 Å². The molecule has 5 nitrogen and oxygen atoms in total. The second kappa shape index (κ2) is 7.60. The van der Waals surface area contributed by atoms with Crippen molar-refractivity contribution in [2.45, 2.75) is 38.0 Å². The number of hydrogen-bond donors (Lipinski definition) is 2. The van der Waals surface area contributed by atoms with Crippen molar-refractivity contribution in [2.75, 3.05) is 13.6 Å². The number of hydrogen-bond acceptors (Lipinski definition) is 3. The lowest BCUT2D eigenvalue weighted by Crippen LogP contribution is -2.36. The maximum atomic E-state index is 12.6. The molecule has 0 radical (unpaired) electrons. The van der Waals surface area contributed by atoms with Crippen molar-refractivity contribution in [1.29, 1.82) is 0 Å². The molecule has 0 fully saturated rings. The number of amides is 1. The molecule has 1 amide bonds. The second-order valence-electron chi connectivity index (χ2n) is 7.06. The van der Waals surface area contributed by atoms with E-state index >= 15 is 0 Å². The van der Waals surface area contributed by atoms with Crippen LogP contribution in [0, 0.1) is 13.8 Å². The number of aryl methyl sites for hydroxylation is 1. The Balaban J connectivity index is 2.25. The smallest absolute Gasteiger partial charge is 0.251 e. The summed E-state index contributed by atoms with van der Waals surface area (Å²) in [5.74, 6) is -0.287. The van der Waals surface area contributed by atoms with E-state index in [9.17, 15) is 13.2 Å². The Kier molecular flexibility index (Phi) is 5.88. The van der Waals surface area contributed by atoms with Crippen LogP contribution in [0.5, 0.6) is 0 Å². The molecule has 0 atom stereocenters. The Labute approximate surface area is 155 Å². The molecule has 0 aliphatic rings. The van der Waals surface area contributed by atoms with E-state index in [1.807, 2.05) is 30.3 Å². The first-order valence-electron chi connectivity index (χ1n) is 8.47. The van der Waals surface area contributed by atoms with Crippen LogP contribution in [0.15, 0.2) is 47.4 Å². The fraction of sp³-hybridized carbons (Fsp3) is 0.350. The summed E-state index contributed by atoms with van der Waals surface area (Å²) in [4.78, 5) is 12.8. The minimum atomic E-state index is -3.62. The van der Waals surface area contributed by atoms with Gasteiger partial charge in [-0.15, -0.1) is 0 Å². The van der Waals surface area contributed by atoms with Gasteiger partial charge in [0.1, 0.15) is 0 Å². The monoisotopic (exact) mass is 374 g/mol. The van der Waals surface area contributed by atoms with E-state index in [1.54, 1.807) is 19.9 Å². The topological polar surface area (TPSA) is 75.3 Å². The normalized spacial score (nSPS) is 12.0. The van der Waals surface area contributed by atoms with Gasteiger partial charge in [0.15, 0.2) is 0 Å². The fourth-order valence-corrected chi connectivity index (χ4v) is 3.81. The molecule has 26 heavy (non-hydrogen) atoms. The molecule has 140 valence electrons. The fourth-order valence-electron chi connectivity index (χ4n) is 2.74. The van der Waals surface area contributed by atoms with E-state index < -0.39 is 10.0 Å². The quantitative estimate of drug-likeness (QED) is 0.816. The average molecular weight is 375 g/mol. The lowest BCUT2D eigenvalue weighted by Gasteiger charge is -2.25. The van der Waals surface area contributed by atoms with Crippen LogP contribution >= 0.6 is 0 Å². The van der Waals surface area contributed by atoms with Crippen molar-refractivity contribution in [1.82, 2.24) is 10.0 Å². The molecule has 0 aliphatic heterocycles. The Morgan fingerprint density at radius 2 is 1.69 bits per heavy atom. The SMILES string of the molecule is CNS(=O)(=O)c1cc(C(=O)NCC(C)(C)c2ccccc2)cc(C)c1C. The maximum Gasteiger partial charge on any atom is 0.251 e. The first kappa shape index (κ1) is 20.1. The van der Waals surface area contributed by atoms with Gasteiger partial charge in [0, 0.05) is 17.5 Å². The first-order valence-corrected chi connectivity index (χ1v) is 9.95. The molecule has 0 aromatic heterocycles. The minimum absolute atomic E-state index is 0.132. The number of nitrogens with one attached hydrogen (secondary N) is 2. The van der Waals surface area contributed by atoms with Crippen LogP contribution in [0.2, 0.25) is 0 Å². The van der Waals surface area contributed by atoms with Gasteiger partial charge in [0.2, 0.25) is 10.0 Å². The second-order valence-corrected chi connectivity index (χ2v) is 8.91. The Morgan fingerprint density at radius 1 is 1.08 bits per heavy atom. The van der Waals surface area contributed by atoms with Gasteiger partial charge >= 0.3 is 0 Å². The van der Waals surface area contributed by atoms with Crippen LogP contribution in [-0.4, -0.2) is 27.9 Å². The van der Waals surface area contributed by atoms with E-state index in [0.717, 1.165) is 11.1 Å². The molecule has 0 heterocycles. The van der Waals surface area contributed by atoms with Crippen LogP contribution in [-0.2, 0) is 15.4 Å². The molecule has 2 rings (SSSR count). The number of sulfonamides is 1. The van der Waals surface area contributed by atoms with Crippen molar-refractivity contribution in [3.8, 4) is 0 Å². The predicted molar refractivity (Wildman–Crippen MR) is 104 cm³/mol. The lowest BCUT2D eigenvalue weighted by molar-refractivity contribution is 0.0945. The Bertz CT molecular complexity index is 904. The van der Waals surface area contributed by atoms with Crippen LogP contribution in [0.4, 0.5) is 0 Å². The van der Waals surface area contributed by atoms with Gasteiger partial charge in [-0.1, -0.05) is 44.2 Å². The van der Waals surface area contributed by atoms with Crippen LogP contribution in [0.25, 0.3) is 0 Å². The zero-order chi connectivity index (χ0) is 19.5. The number of carbonyl (C=O) groups is 1. The minimum Gasteiger partial charge on any atom is -0.351 e. The largest absolute Gasteiger partial charge is 0.351 e. The molecule has 2 aromatic rings. The first-order chi connectivity index (χ1) is 12.1. The van der Waals surface area contributed by atoms with Crippen LogP contribution < -0.4 is 10.0 Å². The van der Waals surface area contributed by atoms with Crippen molar-refractivity contribution in [3.63, 3.8) is 0 Å². The van der Waals surface area contributed by atoms with Gasteiger partial charge in [0.05, 0.1) is 4.90 Å². The molecule has 0 spiro atoms. The molecule has 6 heteroatoms. The van der Waals surface area contributed by atoms with Gasteiger partial charge in [0.25, 0.3) is 5.91 Å². The summed E-state index contributed by atoms with van der Waals surface area (Å²) in [6.45, 7) is 8.09. The highest BCUT2D eigenvalue weighted by atomic mass is 32.2. The Hall–Kier alpha value is -2.18. The third-order valence-corrected chi connectivity index (χ3v) is 6.23. The molecule has 0 unspecified atom stereocenters. The summed E-state index contributed by atoms with van der Waals surface area (Å²) in [6, 6.07) is 13.1.